The zero-order valence-electron chi connectivity index (χ0n) is 9.41. The van der Waals surface area contributed by atoms with Gasteiger partial charge in [0.05, 0.1) is 11.5 Å². The normalized spacial score (nSPS) is 16.7. The molecule has 0 radical (unpaired) electrons. The highest BCUT2D eigenvalue weighted by Gasteiger charge is 2.14. The van der Waals surface area contributed by atoms with Gasteiger partial charge in [0.1, 0.15) is 4.60 Å². The Morgan fingerprint density at radius 2 is 2.44 bits per heavy atom. The van der Waals surface area contributed by atoms with E-state index < -0.39 is 4.92 Å². The van der Waals surface area contributed by atoms with Crippen LogP contribution in [0.4, 0.5) is 0 Å². The fourth-order valence-electron chi connectivity index (χ4n) is 1.58. The lowest BCUT2D eigenvalue weighted by atomic mass is 10.2. The lowest BCUT2D eigenvalue weighted by Crippen LogP contribution is -2.32. The van der Waals surface area contributed by atoms with Crippen LogP contribution < -0.4 is 5.32 Å². The zero-order chi connectivity index (χ0) is 13.0. The SMILES string of the molecule is O=[N+]([O-])C=C1NCC=CN1Cc1ccc(Br)nc1. The molecule has 0 aliphatic carbocycles. The van der Waals surface area contributed by atoms with Crippen molar-refractivity contribution < 1.29 is 4.92 Å². The Balaban J connectivity index is 2.15. The Hall–Kier alpha value is -1.89. The minimum atomic E-state index is -0.464. The molecule has 2 heterocycles. The first kappa shape index (κ1) is 12.6. The Bertz CT molecular complexity index is 498. The van der Waals surface area contributed by atoms with E-state index in [2.05, 4.69) is 26.2 Å². The summed E-state index contributed by atoms with van der Waals surface area (Å²) in [7, 11) is 0. The molecule has 1 N–H and O–H groups in total. The summed E-state index contributed by atoms with van der Waals surface area (Å²) in [6.07, 6.45) is 6.43. The third-order valence-electron chi connectivity index (χ3n) is 2.37. The topological polar surface area (TPSA) is 71.3 Å². The molecule has 1 aromatic rings. The van der Waals surface area contributed by atoms with Crippen molar-refractivity contribution in [2.45, 2.75) is 6.54 Å². The minimum absolute atomic E-state index is 0.464. The van der Waals surface area contributed by atoms with Crippen LogP contribution in [0.15, 0.2) is 47.2 Å². The van der Waals surface area contributed by atoms with Crippen molar-refractivity contribution in [1.82, 2.24) is 15.2 Å². The smallest absolute Gasteiger partial charge is 0.274 e. The Kier molecular flexibility index (Phi) is 3.93. The minimum Gasteiger partial charge on any atom is -0.363 e. The summed E-state index contributed by atoms with van der Waals surface area (Å²) in [5.74, 6) is 0.477. The van der Waals surface area contributed by atoms with E-state index >= 15 is 0 Å². The summed E-state index contributed by atoms with van der Waals surface area (Å²) in [4.78, 5) is 16.0. The van der Waals surface area contributed by atoms with E-state index in [1.807, 2.05) is 24.4 Å². The van der Waals surface area contributed by atoms with Crippen LogP contribution in [0.3, 0.4) is 0 Å². The summed E-state index contributed by atoms with van der Waals surface area (Å²) in [5, 5.41) is 13.5. The van der Waals surface area contributed by atoms with Gasteiger partial charge >= 0.3 is 0 Å². The number of hydrogen-bond acceptors (Lipinski definition) is 5. The number of aromatic nitrogens is 1. The summed E-state index contributed by atoms with van der Waals surface area (Å²) < 4.78 is 0.764. The van der Waals surface area contributed by atoms with Crippen LogP contribution in [0.25, 0.3) is 0 Å². The largest absolute Gasteiger partial charge is 0.363 e. The van der Waals surface area contributed by atoms with Crippen LogP contribution in [0, 0.1) is 10.1 Å². The molecular formula is C11H11BrN4O2. The molecule has 0 saturated heterocycles. The number of rotatable bonds is 3. The molecule has 0 saturated carbocycles. The zero-order valence-corrected chi connectivity index (χ0v) is 11.0. The van der Waals surface area contributed by atoms with Gasteiger partial charge in [-0.1, -0.05) is 6.07 Å². The summed E-state index contributed by atoms with van der Waals surface area (Å²) in [5.41, 5.74) is 0.973. The van der Waals surface area contributed by atoms with Gasteiger partial charge in [0, 0.05) is 18.9 Å². The summed E-state index contributed by atoms with van der Waals surface area (Å²) in [6.45, 7) is 1.12. The number of nitro groups is 1. The van der Waals surface area contributed by atoms with E-state index in [1.165, 1.54) is 0 Å². The monoisotopic (exact) mass is 310 g/mol. The predicted octanol–water partition coefficient (Wildman–Crippen LogP) is 1.84. The number of pyridine rings is 1. The highest BCUT2D eigenvalue weighted by Crippen LogP contribution is 2.14. The highest BCUT2D eigenvalue weighted by molar-refractivity contribution is 9.10. The first-order valence-electron chi connectivity index (χ1n) is 5.28. The fourth-order valence-corrected chi connectivity index (χ4v) is 1.81. The van der Waals surface area contributed by atoms with Crippen LogP contribution >= 0.6 is 15.9 Å². The summed E-state index contributed by atoms with van der Waals surface area (Å²) >= 11 is 3.26. The third kappa shape index (κ3) is 3.30. The van der Waals surface area contributed by atoms with E-state index in [-0.39, 0.29) is 0 Å². The molecule has 1 aliphatic rings. The van der Waals surface area contributed by atoms with Gasteiger partial charge in [0.25, 0.3) is 6.20 Å². The molecule has 1 aliphatic heterocycles. The maximum Gasteiger partial charge on any atom is 0.274 e. The van der Waals surface area contributed by atoms with E-state index in [1.54, 1.807) is 11.1 Å². The van der Waals surface area contributed by atoms with Gasteiger partial charge < -0.3 is 10.2 Å². The Morgan fingerprint density at radius 1 is 1.61 bits per heavy atom. The number of halogens is 1. The standard InChI is InChI=1S/C11H11BrN4O2/c12-10-3-2-9(6-14-10)7-15-5-1-4-13-11(15)8-16(17)18/h1-3,5-6,8,13H,4,7H2. The molecule has 94 valence electrons. The van der Waals surface area contributed by atoms with E-state index in [0.29, 0.717) is 18.9 Å². The molecule has 0 fully saturated rings. The van der Waals surface area contributed by atoms with Crippen LogP contribution in [0.1, 0.15) is 5.56 Å². The molecule has 0 aromatic carbocycles. The average Bonchev–Trinajstić information content (AvgIpc) is 2.34. The highest BCUT2D eigenvalue weighted by atomic mass is 79.9. The predicted molar refractivity (Wildman–Crippen MR) is 69.7 cm³/mol. The van der Waals surface area contributed by atoms with Crippen LogP contribution in [-0.2, 0) is 6.54 Å². The lowest BCUT2D eigenvalue weighted by Gasteiger charge is -2.25. The summed E-state index contributed by atoms with van der Waals surface area (Å²) in [6, 6.07) is 3.76. The molecule has 6 nitrogen and oxygen atoms in total. The fraction of sp³-hybridized carbons (Fsp3) is 0.182. The Morgan fingerprint density at radius 3 is 3.11 bits per heavy atom. The first-order chi connectivity index (χ1) is 8.65. The maximum atomic E-state index is 10.5. The van der Waals surface area contributed by atoms with E-state index in [9.17, 15) is 10.1 Å². The third-order valence-corrected chi connectivity index (χ3v) is 2.83. The van der Waals surface area contributed by atoms with Crippen molar-refractivity contribution in [3.63, 3.8) is 0 Å². The quantitative estimate of drug-likeness (QED) is 0.524. The molecule has 18 heavy (non-hydrogen) atoms. The molecule has 0 unspecified atom stereocenters. The van der Waals surface area contributed by atoms with Crippen LogP contribution in [0.2, 0.25) is 0 Å². The van der Waals surface area contributed by atoms with Crippen LogP contribution in [-0.4, -0.2) is 21.4 Å². The molecule has 0 spiro atoms. The molecule has 0 atom stereocenters. The Labute approximate surface area is 112 Å². The molecule has 0 bridgehead atoms. The van der Waals surface area contributed by atoms with E-state index in [4.69, 9.17) is 0 Å². The van der Waals surface area contributed by atoms with Gasteiger partial charge in [0.15, 0.2) is 5.82 Å². The molecule has 0 amide bonds. The van der Waals surface area contributed by atoms with Crippen molar-refractivity contribution in [3.8, 4) is 0 Å². The van der Waals surface area contributed by atoms with Crippen molar-refractivity contribution in [2.75, 3.05) is 6.54 Å². The van der Waals surface area contributed by atoms with Crippen LogP contribution in [0.5, 0.6) is 0 Å². The lowest BCUT2D eigenvalue weighted by molar-refractivity contribution is -0.404. The second-order valence-corrected chi connectivity index (χ2v) is 4.49. The van der Waals surface area contributed by atoms with Gasteiger partial charge in [-0.25, -0.2) is 4.98 Å². The second-order valence-electron chi connectivity index (χ2n) is 3.68. The van der Waals surface area contributed by atoms with Gasteiger partial charge in [-0.2, -0.15) is 0 Å². The van der Waals surface area contributed by atoms with Gasteiger partial charge in [-0.15, -0.1) is 0 Å². The molecule has 2 rings (SSSR count). The van der Waals surface area contributed by atoms with Crippen molar-refractivity contribution >= 4 is 15.9 Å². The van der Waals surface area contributed by atoms with Crippen molar-refractivity contribution in [2.24, 2.45) is 0 Å². The maximum absolute atomic E-state index is 10.5. The van der Waals surface area contributed by atoms with Gasteiger partial charge in [0.2, 0.25) is 0 Å². The van der Waals surface area contributed by atoms with E-state index in [0.717, 1.165) is 16.4 Å². The molecule has 7 heteroatoms. The number of hydrogen-bond donors (Lipinski definition) is 1. The van der Waals surface area contributed by atoms with Gasteiger partial charge in [-0.3, -0.25) is 10.1 Å². The number of nitrogens with one attached hydrogen (secondary N) is 1. The molecular weight excluding hydrogens is 300 g/mol. The number of nitrogens with zero attached hydrogens (tertiary/aromatic N) is 3. The van der Waals surface area contributed by atoms with Gasteiger partial charge in [-0.05, 0) is 33.6 Å². The second kappa shape index (κ2) is 5.63. The first-order valence-corrected chi connectivity index (χ1v) is 6.07. The van der Waals surface area contributed by atoms with Crippen molar-refractivity contribution in [1.29, 1.82) is 0 Å². The average molecular weight is 311 g/mol. The van der Waals surface area contributed by atoms with Crippen molar-refractivity contribution in [3.05, 3.63) is 62.9 Å². The molecule has 1 aromatic heterocycles.